The van der Waals surface area contributed by atoms with Crippen LogP contribution in [0.4, 0.5) is 35.9 Å². The average molecular weight is 606 g/mol. The minimum Gasteiger partial charge on any atom is -0.334 e. The molecule has 0 aliphatic rings. The van der Waals surface area contributed by atoms with E-state index in [9.17, 15) is 33.4 Å². The minimum atomic E-state index is -5.07. The van der Waals surface area contributed by atoms with E-state index in [0.717, 1.165) is 4.90 Å². The summed E-state index contributed by atoms with van der Waals surface area (Å²) in [6.45, 7) is 3.13. The number of nitro benzene ring substituents is 2. The molecule has 0 N–H and O–H groups in total. The van der Waals surface area contributed by atoms with Gasteiger partial charge in [0.05, 0.1) is 27.2 Å². The SMILES string of the molecule is CCN(c1c([N+](=O)[O-])cc([N+](=O)[O-])cc1C(F)(F)F)c1c(Br)cc(Br)c(C)c1Br. The number of anilines is 2. The predicted octanol–water partition coefficient (Wildman–Crippen LogP) is 7.28. The van der Waals surface area contributed by atoms with Gasteiger partial charge in [-0.2, -0.15) is 13.2 Å². The van der Waals surface area contributed by atoms with E-state index in [4.69, 9.17) is 0 Å². The molecule has 0 atom stereocenters. The first-order chi connectivity index (χ1) is 13.3. The number of alkyl halides is 3. The van der Waals surface area contributed by atoms with E-state index in [1.807, 2.05) is 0 Å². The van der Waals surface area contributed by atoms with E-state index in [1.54, 1.807) is 13.0 Å². The van der Waals surface area contributed by atoms with Crippen LogP contribution in [0.2, 0.25) is 0 Å². The van der Waals surface area contributed by atoms with Crippen molar-refractivity contribution in [1.82, 2.24) is 0 Å². The maximum Gasteiger partial charge on any atom is 0.418 e. The van der Waals surface area contributed by atoms with Crippen LogP contribution in [0.5, 0.6) is 0 Å². The lowest BCUT2D eigenvalue weighted by Crippen LogP contribution is -2.23. The normalized spacial score (nSPS) is 11.4. The zero-order valence-corrected chi connectivity index (χ0v) is 19.4. The molecular weight excluding hydrogens is 595 g/mol. The molecule has 0 fully saturated rings. The zero-order chi connectivity index (χ0) is 22.3. The highest BCUT2D eigenvalue weighted by atomic mass is 79.9. The first-order valence-corrected chi connectivity index (χ1v) is 10.1. The summed E-state index contributed by atoms with van der Waals surface area (Å²) in [5, 5.41) is 22.6. The standard InChI is InChI=1S/C16H11Br3F3N3O4/c1-3-23(15-11(18)6-10(17)7(2)13(15)19)14-9(16(20,21)22)4-8(24(26)27)5-12(14)25(28)29/h4-6H,3H2,1-2H3. The topological polar surface area (TPSA) is 89.5 Å². The maximum absolute atomic E-state index is 13.8. The summed E-state index contributed by atoms with van der Waals surface area (Å²) in [6, 6.07) is 2.43. The Labute approximate surface area is 187 Å². The second-order valence-electron chi connectivity index (χ2n) is 5.75. The van der Waals surface area contributed by atoms with Gasteiger partial charge in [-0.3, -0.25) is 20.2 Å². The van der Waals surface area contributed by atoms with Gasteiger partial charge in [0.2, 0.25) is 0 Å². The van der Waals surface area contributed by atoms with Crippen molar-refractivity contribution < 1.29 is 23.0 Å². The molecule has 0 unspecified atom stereocenters. The molecule has 0 bridgehead atoms. The molecule has 0 aromatic heterocycles. The molecule has 2 aromatic carbocycles. The monoisotopic (exact) mass is 603 g/mol. The second-order valence-corrected chi connectivity index (χ2v) is 8.25. The van der Waals surface area contributed by atoms with Gasteiger partial charge in [0.25, 0.3) is 11.4 Å². The largest absolute Gasteiger partial charge is 0.418 e. The lowest BCUT2D eigenvalue weighted by Gasteiger charge is -2.29. The van der Waals surface area contributed by atoms with Gasteiger partial charge < -0.3 is 4.90 Å². The van der Waals surface area contributed by atoms with Crippen LogP contribution < -0.4 is 4.90 Å². The number of benzene rings is 2. The van der Waals surface area contributed by atoms with Crippen molar-refractivity contribution in [3.8, 4) is 0 Å². The summed E-state index contributed by atoms with van der Waals surface area (Å²) in [6.07, 6.45) is -5.07. The van der Waals surface area contributed by atoms with Crippen LogP contribution in [0.3, 0.4) is 0 Å². The Bertz CT molecular complexity index is 1020. The second kappa shape index (κ2) is 8.56. The van der Waals surface area contributed by atoms with Gasteiger partial charge in [0.1, 0.15) is 5.69 Å². The van der Waals surface area contributed by atoms with Crippen LogP contribution in [0.15, 0.2) is 31.6 Å². The molecule has 2 rings (SSSR count). The maximum atomic E-state index is 13.8. The third-order valence-corrected chi connectivity index (χ3v) is 6.42. The third-order valence-electron chi connectivity index (χ3n) is 4.02. The summed E-state index contributed by atoms with van der Waals surface area (Å²) in [5.41, 5.74) is -3.42. The number of non-ortho nitro benzene ring substituents is 1. The molecule has 0 aliphatic heterocycles. The smallest absolute Gasteiger partial charge is 0.334 e. The lowest BCUT2D eigenvalue weighted by molar-refractivity contribution is -0.394. The van der Waals surface area contributed by atoms with E-state index in [1.165, 1.54) is 6.92 Å². The summed E-state index contributed by atoms with van der Waals surface area (Å²) >= 11 is 9.94. The molecule has 156 valence electrons. The Balaban J connectivity index is 3.00. The van der Waals surface area contributed by atoms with Crippen molar-refractivity contribution in [3.63, 3.8) is 0 Å². The molecule has 0 saturated carbocycles. The van der Waals surface area contributed by atoms with E-state index < -0.39 is 38.6 Å². The van der Waals surface area contributed by atoms with Crippen LogP contribution in [-0.2, 0) is 6.18 Å². The average Bonchev–Trinajstić information content (AvgIpc) is 2.61. The van der Waals surface area contributed by atoms with Gasteiger partial charge in [-0.15, -0.1) is 0 Å². The molecule has 2 aromatic rings. The lowest BCUT2D eigenvalue weighted by atomic mass is 10.1. The molecule has 0 amide bonds. The third kappa shape index (κ3) is 4.56. The van der Waals surface area contributed by atoms with Crippen molar-refractivity contribution in [2.24, 2.45) is 0 Å². The molecular formula is C16H11Br3F3N3O4. The van der Waals surface area contributed by atoms with Gasteiger partial charge in [0, 0.05) is 26.0 Å². The highest BCUT2D eigenvalue weighted by Gasteiger charge is 2.42. The van der Waals surface area contributed by atoms with Crippen LogP contribution in [-0.4, -0.2) is 16.4 Å². The van der Waals surface area contributed by atoms with E-state index in [-0.39, 0.29) is 12.2 Å². The summed E-state index contributed by atoms with van der Waals surface area (Å²) in [5.74, 6) is 0. The zero-order valence-electron chi connectivity index (χ0n) is 14.7. The molecule has 0 spiro atoms. The summed E-state index contributed by atoms with van der Waals surface area (Å²) in [7, 11) is 0. The quantitative estimate of drug-likeness (QED) is 0.264. The van der Waals surface area contributed by atoms with Crippen LogP contribution in [0.1, 0.15) is 18.1 Å². The van der Waals surface area contributed by atoms with Crippen LogP contribution in [0, 0.1) is 27.2 Å². The fourth-order valence-corrected chi connectivity index (χ4v) is 5.25. The Morgan fingerprint density at radius 1 is 1.00 bits per heavy atom. The Hall–Kier alpha value is -1.73. The van der Waals surface area contributed by atoms with Gasteiger partial charge >= 0.3 is 6.18 Å². The number of hydrogen-bond donors (Lipinski definition) is 0. The van der Waals surface area contributed by atoms with Crippen molar-refractivity contribution >= 4 is 70.5 Å². The highest BCUT2D eigenvalue weighted by Crippen LogP contribution is 2.50. The summed E-state index contributed by atoms with van der Waals surface area (Å²) in [4.78, 5) is 21.6. The van der Waals surface area contributed by atoms with E-state index >= 15 is 0 Å². The Morgan fingerprint density at radius 3 is 2.03 bits per heavy atom. The van der Waals surface area contributed by atoms with Crippen molar-refractivity contribution in [3.05, 3.63) is 63.0 Å². The fraction of sp³-hybridized carbons (Fsp3) is 0.250. The first-order valence-electron chi connectivity index (χ1n) is 7.76. The number of nitro groups is 2. The fourth-order valence-electron chi connectivity index (χ4n) is 2.70. The van der Waals surface area contributed by atoms with Crippen molar-refractivity contribution in [2.75, 3.05) is 11.4 Å². The predicted molar refractivity (Wildman–Crippen MR) is 112 cm³/mol. The van der Waals surface area contributed by atoms with Gasteiger partial charge in [-0.05, 0) is 57.3 Å². The number of hydrogen-bond acceptors (Lipinski definition) is 5. The number of halogens is 6. The first kappa shape index (κ1) is 23.5. The van der Waals surface area contributed by atoms with E-state index in [2.05, 4.69) is 47.8 Å². The number of rotatable bonds is 5. The molecule has 0 saturated heterocycles. The molecule has 0 aliphatic carbocycles. The minimum absolute atomic E-state index is 0.0833. The van der Waals surface area contributed by atoms with Gasteiger partial charge in [-0.25, -0.2) is 0 Å². The van der Waals surface area contributed by atoms with Crippen molar-refractivity contribution in [2.45, 2.75) is 20.0 Å². The molecule has 29 heavy (non-hydrogen) atoms. The molecule has 0 radical (unpaired) electrons. The number of nitrogens with zero attached hydrogens (tertiary/aromatic N) is 3. The van der Waals surface area contributed by atoms with Crippen LogP contribution >= 0.6 is 47.8 Å². The Kier molecular flexibility index (Phi) is 6.95. The Morgan fingerprint density at radius 2 is 1.59 bits per heavy atom. The van der Waals surface area contributed by atoms with E-state index in [0.29, 0.717) is 31.1 Å². The van der Waals surface area contributed by atoms with Gasteiger partial charge in [0.15, 0.2) is 0 Å². The molecule has 0 heterocycles. The highest BCUT2D eigenvalue weighted by molar-refractivity contribution is 9.11. The van der Waals surface area contributed by atoms with Gasteiger partial charge in [-0.1, -0.05) is 15.9 Å². The molecule has 7 nitrogen and oxygen atoms in total. The van der Waals surface area contributed by atoms with Crippen LogP contribution in [0.25, 0.3) is 0 Å². The molecule has 13 heteroatoms. The summed E-state index contributed by atoms with van der Waals surface area (Å²) < 4.78 is 42.8. The van der Waals surface area contributed by atoms with Crippen molar-refractivity contribution in [1.29, 1.82) is 0 Å².